The third kappa shape index (κ3) is 2.73. The van der Waals surface area contributed by atoms with Crippen LogP contribution < -0.4 is 4.90 Å². The van der Waals surface area contributed by atoms with Gasteiger partial charge in [0.2, 0.25) is 0 Å². The van der Waals surface area contributed by atoms with Crippen LogP contribution in [0.3, 0.4) is 0 Å². The first kappa shape index (κ1) is 16.3. The molecule has 0 saturated carbocycles. The van der Waals surface area contributed by atoms with E-state index in [0.29, 0.717) is 16.7 Å². The summed E-state index contributed by atoms with van der Waals surface area (Å²) in [7, 11) is 0. The number of thioether (sulfide) groups is 1. The van der Waals surface area contributed by atoms with E-state index in [1.165, 1.54) is 24.6 Å². The maximum atomic E-state index is 14.7. The summed E-state index contributed by atoms with van der Waals surface area (Å²) < 4.78 is 14.7. The number of pyridine rings is 1. The van der Waals surface area contributed by atoms with Crippen LogP contribution in [-0.2, 0) is 6.42 Å². The number of hydrogen-bond acceptors (Lipinski definition) is 5. The summed E-state index contributed by atoms with van der Waals surface area (Å²) in [5, 5.41) is 1.31. The van der Waals surface area contributed by atoms with Crippen LogP contribution in [0.5, 0.6) is 0 Å². The van der Waals surface area contributed by atoms with Crippen LogP contribution >= 0.6 is 23.4 Å². The van der Waals surface area contributed by atoms with E-state index < -0.39 is 5.82 Å². The van der Waals surface area contributed by atoms with Crippen molar-refractivity contribution in [2.24, 2.45) is 0 Å². The second-order valence-corrected chi connectivity index (χ2v) is 7.97. The fraction of sp³-hybridized carbons (Fsp3) is 0.588. The topological polar surface area (TPSA) is 41.9 Å². The van der Waals surface area contributed by atoms with E-state index in [0.717, 1.165) is 54.9 Å². The summed E-state index contributed by atoms with van der Waals surface area (Å²) in [5.41, 5.74) is 1.17. The zero-order valence-electron chi connectivity index (χ0n) is 13.7. The number of hydrogen-bond donors (Lipinski definition) is 0. The summed E-state index contributed by atoms with van der Waals surface area (Å²) in [6.07, 6.45) is 6.61. The smallest absolute Gasteiger partial charge is 0.190 e. The van der Waals surface area contributed by atoms with Gasteiger partial charge in [-0.2, -0.15) is 0 Å². The summed E-state index contributed by atoms with van der Waals surface area (Å²) >= 11 is 7.58. The Morgan fingerprint density at radius 1 is 1.21 bits per heavy atom. The SMILES string of the molecule is CCSc1nc2c3c(nc(Cl)c(F)c3n1)CC[C@@H]1CCCCCN21. The predicted molar refractivity (Wildman–Crippen MR) is 96.6 cm³/mol. The second-order valence-electron chi connectivity index (χ2n) is 6.38. The Labute approximate surface area is 150 Å². The largest absolute Gasteiger partial charge is 0.353 e. The van der Waals surface area contributed by atoms with E-state index >= 15 is 0 Å². The Hall–Kier alpha value is -1.14. The molecule has 0 N–H and O–H groups in total. The van der Waals surface area contributed by atoms with Gasteiger partial charge in [-0.25, -0.2) is 19.3 Å². The Balaban J connectivity index is 1.99. The van der Waals surface area contributed by atoms with Crippen molar-refractivity contribution in [1.82, 2.24) is 15.0 Å². The van der Waals surface area contributed by atoms with Crippen molar-refractivity contribution in [3.05, 3.63) is 16.7 Å². The van der Waals surface area contributed by atoms with Gasteiger partial charge in [-0.3, -0.25) is 0 Å². The van der Waals surface area contributed by atoms with E-state index in [9.17, 15) is 4.39 Å². The number of fused-ring (bicyclic) bond motifs is 2. The molecule has 2 aliphatic heterocycles. The molecule has 0 aliphatic carbocycles. The number of nitrogens with zero attached hydrogens (tertiary/aromatic N) is 4. The molecule has 24 heavy (non-hydrogen) atoms. The Bertz CT molecular complexity index is 785. The molecule has 7 heteroatoms. The zero-order valence-corrected chi connectivity index (χ0v) is 15.3. The van der Waals surface area contributed by atoms with Crippen molar-refractivity contribution in [1.29, 1.82) is 0 Å². The molecule has 0 amide bonds. The second kappa shape index (κ2) is 6.64. The molecule has 4 heterocycles. The van der Waals surface area contributed by atoms with Crippen LogP contribution in [0.2, 0.25) is 5.15 Å². The molecule has 1 atom stereocenters. The van der Waals surface area contributed by atoms with Gasteiger partial charge in [0.1, 0.15) is 11.3 Å². The standard InChI is InChI=1S/C17H20ClFN4S/c1-2-24-17-21-14-12-11(20-15(18)13(14)19)8-7-10-6-4-3-5-9-23(10)16(12)22-17/h10H,2-9H2,1H3/t10-/m0/s1. The maximum Gasteiger partial charge on any atom is 0.190 e. The first-order chi connectivity index (χ1) is 11.7. The van der Waals surface area contributed by atoms with Crippen molar-refractivity contribution in [2.45, 2.75) is 56.6 Å². The lowest BCUT2D eigenvalue weighted by Gasteiger charge is -2.30. The molecular formula is C17H20ClFN4S. The first-order valence-corrected chi connectivity index (χ1v) is 10.0. The third-order valence-electron chi connectivity index (χ3n) is 4.92. The molecule has 4 nitrogen and oxygen atoms in total. The molecule has 0 aromatic carbocycles. The number of aryl methyl sites for hydroxylation is 1. The Morgan fingerprint density at radius 3 is 2.92 bits per heavy atom. The molecule has 2 aliphatic rings. The van der Waals surface area contributed by atoms with Crippen molar-refractivity contribution >= 4 is 40.1 Å². The lowest BCUT2D eigenvalue weighted by atomic mass is 10.0. The minimum atomic E-state index is -0.523. The molecule has 128 valence electrons. The van der Waals surface area contributed by atoms with Gasteiger partial charge in [0.25, 0.3) is 0 Å². The quantitative estimate of drug-likeness (QED) is 0.440. The summed E-state index contributed by atoms with van der Waals surface area (Å²) in [6, 6.07) is 0.445. The third-order valence-corrected chi connectivity index (χ3v) is 5.90. The molecule has 0 unspecified atom stereocenters. The van der Waals surface area contributed by atoms with E-state index in [1.54, 1.807) is 0 Å². The maximum absolute atomic E-state index is 14.7. The minimum absolute atomic E-state index is 0.0771. The van der Waals surface area contributed by atoms with Gasteiger partial charge in [0, 0.05) is 12.6 Å². The van der Waals surface area contributed by atoms with Crippen LogP contribution in [0.1, 0.15) is 44.7 Å². The average Bonchev–Trinajstić information content (AvgIpc) is 2.88. The highest BCUT2D eigenvalue weighted by atomic mass is 35.5. The van der Waals surface area contributed by atoms with Crippen LogP contribution in [0.15, 0.2) is 5.16 Å². The number of rotatable bonds is 2. The monoisotopic (exact) mass is 366 g/mol. The van der Waals surface area contributed by atoms with Crippen LogP contribution in [0.4, 0.5) is 10.2 Å². The number of anilines is 1. The number of halogens is 2. The van der Waals surface area contributed by atoms with Crippen molar-refractivity contribution in [3.63, 3.8) is 0 Å². The molecular weight excluding hydrogens is 347 g/mol. The van der Waals surface area contributed by atoms with Crippen LogP contribution in [-0.4, -0.2) is 33.3 Å². The normalized spacial score (nSPS) is 20.6. The van der Waals surface area contributed by atoms with Gasteiger partial charge >= 0.3 is 0 Å². The van der Waals surface area contributed by atoms with E-state index in [-0.39, 0.29) is 5.15 Å². The van der Waals surface area contributed by atoms with Gasteiger partial charge in [0.15, 0.2) is 16.1 Å². The van der Waals surface area contributed by atoms with Gasteiger partial charge < -0.3 is 4.90 Å². The van der Waals surface area contributed by atoms with Gasteiger partial charge in [-0.1, -0.05) is 43.1 Å². The summed E-state index contributed by atoms with van der Waals surface area (Å²) in [4.78, 5) is 16.0. The minimum Gasteiger partial charge on any atom is -0.353 e. The first-order valence-electron chi connectivity index (χ1n) is 8.64. The molecule has 0 spiro atoms. The Kier molecular flexibility index (Phi) is 4.52. The lowest BCUT2D eigenvalue weighted by Crippen LogP contribution is -2.35. The van der Waals surface area contributed by atoms with Gasteiger partial charge in [-0.15, -0.1) is 0 Å². The van der Waals surface area contributed by atoms with Gasteiger partial charge in [0.05, 0.1) is 11.1 Å². The number of aromatic nitrogens is 3. The van der Waals surface area contributed by atoms with Crippen molar-refractivity contribution in [2.75, 3.05) is 17.2 Å². The molecule has 2 aromatic heterocycles. The molecule has 2 aromatic rings. The highest BCUT2D eigenvalue weighted by Crippen LogP contribution is 2.38. The van der Waals surface area contributed by atoms with Gasteiger partial charge in [-0.05, 0) is 31.4 Å². The van der Waals surface area contributed by atoms with Crippen LogP contribution in [0.25, 0.3) is 10.9 Å². The molecule has 1 fully saturated rings. The fourth-order valence-corrected chi connectivity index (χ4v) is 4.57. The lowest BCUT2D eigenvalue weighted by molar-refractivity contribution is 0.534. The molecule has 0 bridgehead atoms. The summed E-state index contributed by atoms with van der Waals surface area (Å²) in [5.74, 6) is 1.19. The zero-order chi connectivity index (χ0) is 16.7. The fourth-order valence-electron chi connectivity index (χ4n) is 3.82. The van der Waals surface area contributed by atoms with E-state index in [1.807, 2.05) is 6.92 Å². The highest BCUT2D eigenvalue weighted by Gasteiger charge is 2.31. The average molecular weight is 367 g/mol. The van der Waals surface area contributed by atoms with E-state index in [2.05, 4.69) is 14.9 Å². The van der Waals surface area contributed by atoms with Crippen molar-refractivity contribution < 1.29 is 4.39 Å². The van der Waals surface area contributed by atoms with Crippen molar-refractivity contribution in [3.8, 4) is 0 Å². The highest BCUT2D eigenvalue weighted by molar-refractivity contribution is 7.99. The molecule has 0 radical (unpaired) electrons. The predicted octanol–water partition coefficient (Wildman–Crippen LogP) is 4.62. The molecule has 4 rings (SSSR count). The summed E-state index contributed by atoms with van der Waals surface area (Å²) in [6.45, 7) is 3.02. The Morgan fingerprint density at radius 2 is 2.08 bits per heavy atom. The van der Waals surface area contributed by atoms with E-state index in [4.69, 9.17) is 16.6 Å². The van der Waals surface area contributed by atoms with Crippen LogP contribution in [0, 0.1) is 5.82 Å². The molecule has 1 saturated heterocycles.